The first-order chi connectivity index (χ1) is 16.9. The number of amides is 1. The molecule has 0 aromatic heterocycles. The Bertz CT molecular complexity index is 962. The first-order valence-corrected chi connectivity index (χ1v) is 13.4. The van der Waals surface area contributed by atoms with Crippen molar-refractivity contribution in [1.29, 1.82) is 0 Å². The number of rotatable bonds is 9. The van der Waals surface area contributed by atoms with Crippen LogP contribution in [0.5, 0.6) is 5.75 Å². The normalized spacial score (nSPS) is 21.7. The maximum atomic E-state index is 13.4. The van der Waals surface area contributed by atoms with Crippen LogP contribution in [0.25, 0.3) is 0 Å². The fourth-order valence-electron chi connectivity index (χ4n) is 5.40. The number of benzene rings is 2. The maximum Gasteiger partial charge on any atom is 0.223 e. The summed E-state index contributed by atoms with van der Waals surface area (Å²) in [5, 5.41) is 0.750. The molecule has 2 saturated heterocycles. The van der Waals surface area contributed by atoms with Crippen LogP contribution in [0, 0.1) is 12.3 Å². The molecule has 4 rings (SSSR count). The van der Waals surface area contributed by atoms with Crippen LogP contribution >= 0.6 is 11.6 Å². The third kappa shape index (κ3) is 7.45. The lowest BCUT2D eigenvalue weighted by molar-refractivity contribution is -0.137. The van der Waals surface area contributed by atoms with Gasteiger partial charge in [-0.05, 0) is 82.1 Å². The van der Waals surface area contributed by atoms with Gasteiger partial charge in [-0.3, -0.25) is 4.79 Å². The number of piperazine rings is 1. The summed E-state index contributed by atoms with van der Waals surface area (Å²) < 4.78 is 6.35. The van der Waals surface area contributed by atoms with Gasteiger partial charge in [-0.15, -0.1) is 0 Å². The average Bonchev–Trinajstić information content (AvgIpc) is 2.86. The predicted octanol–water partition coefficient (Wildman–Crippen LogP) is 4.91. The molecule has 0 radical (unpaired) electrons. The Labute approximate surface area is 216 Å². The van der Waals surface area contributed by atoms with Gasteiger partial charge in [0.25, 0.3) is 0 Å². The Morgan fingerprint density at radius 1 is 1.06 bits per heavy atom. The molecule has 0 aliphatic carbocycles. The zero-order valence-corrected chi connectivity index (χ0v) is 22.1. The van der Waals surface area contributed by atoms with Crippen LogP contribution in [-0.2, 0) is 11.2 Å². The highest BCUT2D eigenvalue weighted by molar-refractivity contribution is 6.31. The van der Waals surface area contributed by atoms with Crippen molar-refractivity contribution in [3.8, 4) is 5.75 Å². The fraction of sp³-hybridized carbons (Fsp3) is 0.552. The second kappa shape index (κ2) is 12.2. The quantitative estimate of drug-likeness (QED) is 0.493. The molecule has 0 spiro atoms. The highest BCUT2D eigenvalue weighted by Crippen LogP contribution is 2.36. The van der Waals surface area contributed by atoms with Crippen LogP contribution < -0.4 is 4.74 Å². The van der Waals surface area contributed by atoms with Gasteiger partial charge in [0.15, 0.2) is 0 Å². The third-order valence-corrected chi connectivity index (χ3v) is 8.00. The Balaban J connectivity index is 1.41. The van der Waals surface area contributed by atoms with Crippen molar-refractivity contribution in [2.75, 3.05) is 59.5 Å². The minimum Gasteiger partial charge on any atom is -0.493 e. The van der Waals surface area contributed by atoms with E-state index in [1.165, 1.54) is 5.56 Å². The summed E-state index contributed by atoms with van der Waals surface area (Å²) in [5.74, 6) is 1.11. The number of aryl methyl sites for hydroxylation is 2. The van der Waals surface area contributed by atoms with Crippen molar-refractivity contribution >= 4 is 17.5 Å². The van der Waals surface area contributed by atoms with Gasteiger partial charge in [0.1, 0.15) is 5.75 Å². The Morgan fingerprint density at radius 2 is 1.83 bits per heavy atom. The van der Waals surface area contributed by atoms with E-state index >= 15 is 0 Å². The molecule has 0 bridgehead atoms. The van der Waals surface area contributed by atoms with Crippen molar-refractivity contribution in [3.63, 3.8) is 0 Å². The van der Waals surface area contributed by atoms with Crippen LogP contribution in [0.4, 0.5) is 0 Å². The Kier molecular flexibility index (Phi) is 9.10. The van der Waals surface area contributed by atoms with E-state index in [0.29, 0.717) is 13.0 Å². The van der Waals surface area contributed by atoms with E-state index < -0.39 is 0 Å². The van der Waals surface area contributed by atoms with Crippen LogP contribution in [0.3, 0.4) is 0 Å². The number of likely N-dealkylation sites (N-methyl/N-ethyl adjacent to an activating group) is 1. The van der Waals surface area contributed by atoms with Crippen LogP contribution in [0.1, 0.15) is 36.8 Å². The number of carbonyl (C=O) groups is 1. The van der Waals surface area contributed by atoms with E-state index in [9.17, 15) is 4.79 Å². The monoisotopic (exact) mass is 497 g/mol. The number of halogens is 1. The van der Waals surface area contributed by atoms with E-state index in [4.69, 9.17) is 16.3 Å². The molecule has 2 aromatic rings. The number of likely N-dealkylation sites (tertiary alicyclic amines) is 1. The summed E-state index contributed by atoms with van der Waals surface area (Å²) in [6.07, 6.45) is 4.89. The van der Waals surface area contributed by atoms with E-state index in [-0.39, 0.29) is 11.3 Å². The van der Waals surface area contributed by atoms with E-state index in [2.05, 4.69) is 52.1 Å². The summed E-state index contributed by atoms with van der Waals surface area (Å²) in [5.41, 5.74) is 2.24. The molecule has 1 amide bonds. The number of nitrogens with zero attached hydrogens (tertiary/aromatic N) is 3. The van der Waals surface area contributed by atoms with Crippen molar-refractivity contribution < 1.29 is 9.53 Å². The molecule has 0 saturated carbocycles. The number of carbonyl (C=O) groups excluding carboxylic acids is 1. The van der Waals surface area contributed by atoms with Gasteiger partial charge in [0.05, 0.1) is 6.61 Å². The minimum atomic E-state index is -0.168. The van der Waals surface area contributed by atoms with Crippen LogP contribution in [0.15, 0.2) is 48.5 Å². The lowest BCUT2D eigenvalue weighted by Crippen LogP contribution is -2.52. The molecule has 35 heavy (non-hydrogen) atoms. The standard InChI is InChI=1S/C29H40ClN3O2/c1-24-20-26(11-12-27(24)30)35-23-29(21-28(34)33-18-16-31(2)17-19-33)13-7-15-32(22-29)14-6-10-25-8-4-3-5-9-25/h3-5,8-9,11-12,20H,6-7,10,13-19,21-23H2,1-2H3/t29-/m0/s1. The molecule has 2 aliphatic heterocycles. The summed E-state index contributed by atoms with van der Waals surface area (Å²) >= 11 is 6.22. The second-order valence-corrected chi connectivity index (χ2v) is 10.9. The second-order valence-electron chi connectivity index (χ2n) is 10.5. The molecule has 0 unspecified atom stereocenters. The van der Waals surface area contributed by atoms with Gasteiger partial charge >= 0.3 is 0 Å². The predicted molar refractivity (Wildman–Crippen MR) is 143 cm³/mol. The van der Waals surface area contributed by atoms with E-state index in [1.807, 2.05) is 25.1 Å². The Hall–Kier alpha value is -2.08. The number of hydrogen-bond donors (Lipinski definition) is 0. The summed E-state index contributed by atoms with van der Waals surface area (Å²) in [4.78, 5) is 20.3. The molecule has 5 nitrogen and oxygen atoms in total. The van der Waals surface area contributed by atoms with E-state index in [1.54, 1.807) is 0 Å². The van der Waals surface area contributed by atoms with Crippen LogP contribution in [-0.4, -0.2) is 80.1 Å². The van der Waals surface area contributed by atoms with Crippen molar-refractivity contribution in [2.45, 2.75) is 39.0 Å². The lowest BCUT2D eigenvalue weighted by atomic mass is 9.77. The molecule has 1 atom stereocenters. The molecule has 6 heteroatoms. The maximum absolute atomic E-state index is 13.4. The van der Waals surface area contributed by atoms with Crippen molar-refractivity contribution in [3.05, 3.63) is 64.7 Å². The van der Waals surface area contributed by atoms with E-state index in [0.717, 1.165) is 87.8 Å². The van der Waals surface area contributed by atoms with Crippen LogP contribution in [0.2, 0.25) is 5.02 Å². The number of piperidine rings is 1. The van der Waals surface area contributed by atoms with Gasteiger partial charge in [0.2, 0.25) is 5.91 Å². The van der Waals surface area contributed by atoms with Gasteiger partial charge in [0, 0.05) is 49.6 Å². The molecule has 0 N–H and O–H groups in total. The zero-order valence-electron chi connectivity index (χ0n) is 21.3. The summed E-state index contributed by atoms with van der Waals surface area (Å²) in [6.45, 7) is 9.16. The topological polar surface area (TPSA) is 36.0 Å². The summed E-state index contributed by atoms with van der Waals surface area (Å²) in [6, 6.07) is 16.5. The third-order valence-electron chi connectivity index (χ3n) is 7.58. The largest absolute Gasteiger partial charge is 0.493 e. The van der Waals surface area contributed by atoms with Gasteiger partial charge < -0.3 is 19.4 Å². The minimum absolute atomic E-state index is 0.168. The molecule has 2 aliphatic rings. The van der Waals surface area contributed by atoms with Crippen molar-refractivity contribution in [1.82, 2.24) is 14.7 Å². The molecule has 2 heterocycles. The molecular weight excluding hydrogens is 458 g/mol. The van der Waals surface area contributed by atoms with Gasteiger partial charge in [-0.2, -0.15) is 0 Å². The SMILES string of the molecule is Cc1cc(OC[C@]2(CC(=O)N3CCN(C)CC3)CCCN(CCCc3ccccc3)C2)ccc1Cl. The number of ether oxygens (including phenoxy) is 1. The Morgan fingerprint density at radius 3 is 2.57 bits per heavy atom. The molecular formula is C29H40ClN3O2. The van der Waals surface area contributed by atoms with Gasteiger partial charge in [-0.1, -0.05) is 41.9 Å². The average molecular weight is 498 g/mol. The lowest BCUT2D eigenvalue weighted by Gasteiger charge is -2.43. The van der Waals surface area contributed by atoms with Crippen molar-refractivity contribution in [2.24, 2.45) is 5.41 Å². The number of hydrogen-bond acceptors (Lipinski definition) is 4. The summed E-state index contributed by atoms with van der Waals surface area (Å²) in [7, 11) is 2.12. The molecule has 2 fully saturated rings. The highest BCUT2D eigenvalue weighted by Gasteiger charge is 2.39. The highest BCUT2D eigenvalue weighted by atomic mass is 35.5. The smallest absolute Gasteiger partial charge is 0.223 e. The fourth-order valence-corrected chi connectivity index (χ4v) is 5.51. The van der Waals surface area contributed by atoms with Gasteiger partial charge in [-0.25, -0.2) is 0 Å². The first-order valence-electron chi connectivity index (χ1n) is 13.0. The molecule has 190 valence electrons. The molecule has 2 aromatic carbocycles. The zero-order chi connectivity index (χ0) is 24.7. The first kappa shape index (κ1) is 26.0.